The molecule has 0 radical (unpaired) electrons. The van der Waals surface area contributed by atoms with E-state index in [0.717, 1.165) is 16.7 Å². The normalized spacial score (nSPS) is 12.5. The van der Waals surface area contributed by atoms with E-state index in [4.69, 9.17) is 0 Å². The van der Waals surface area contributed by atoms with E-state index in [2.05, 4.69) is 16.6 Å². The first-order valence-electron chi connectivity index (χ1n) is 7.98. The number of carbonyl (C=O) groups excluding carboxylic acids is 1. The number of halogens is 2. The summed E-state index contributed by atoms with van der Waals surface area (Å²) in [4.78, 5) is 11.7. The summed E-state index contributed by atoms with van der Waals surface area (Å²) in [7, 11) is 0. The molecule has 0 aliphatic heterocycles. The first-order valence-corrected chi connectivity index (χ1v) is 7.98. The Morgan fingerprint density at radius 2 is 1.92 bits per heavy atom. The fourth-order valence-corrected chi connectivity index (χ4v) is 2.37. The van der Waals surface area contributed by atoms with Crippen LogP contribution >= 0.6 is 0 Å². The van der Waals surface area contributed by atoms with Gasteiger partial charge in [0.1, 0.15) is 0 Å². The summed E-state index contributed by atoms with van der Waals surface area (Å²) in [6.07, 6.45) is -0.127. The zero-order valence-corrected chi connectivity index (χ0v) is 14.4. The molecule has 0 heterocycles. The van der Waals surface area contributed by atoms with Crippen molar-refractivity contribution in [3.8, 4) is 11.1 Å². The van der Waals surface area contributed by atoms with Crippen LogP contribution in [0.2, 0.25) is 0 Å². The van der Waals surface area contributed by atoms with Gasteiger partial charge in [-0.05, 0) is 23.6 Å². The monoisotopic (exact) mass is 362 g/mol. The molecule has 0 saturated carbocycles. The van der Waals surface area contributed by atoms with Gasteiger partial charge in [0, 0.05) is 6.72 Å². The number of esters is 1. The smallest absolute Gasteiger partial charge is 0.331 e. The number of aryl methyl sites for hydroxylation is 1. The molecule has 0 bridgehead atoms. The summed E-state index contributed by atoms with van der Waals surface area (Å²) < 4.78 is 31.5. The second-order valence-corrected chi connectivity index (χ2v) is 5.99. The van der Waals surface area contributed by atoms with E-state index in [-0.39, 0.29) is 6.42 Å². The van der Waals surface area contributed by atoms with E-state index < -0.39 is 30.2 Å². The quantitative estimate of drug-likeness (QED) is 0.445. The van der Waals surface area contributed by atoms with Crippen molar-refractivity contribution in [2.45, 2.75) is 19.3 Å². The van der Waals surface area contributed by atoms with Crippen molar-refractivity contribution in [3.63, 3.8) is 0 Å². The van der Waals surface area contributed by atoms with Crippen LogP contribution in [-0.4, -0.2) is 31.8 Å². The number of hydrogen-bond donors (Lipinski definition) is 1. The van der Waals surface area contributed by atoms with Gasteiger partial charge in [-0.1, -0.05) is 59.2 Å². The van der Waals surface area contributed by atoms with Crippen LogP contribution < -0.4 is 5.17 Å². The van der Waals surface area contributed by atoms with Crippen LogP contribution in [-0.2, 0) is 16.0 Å². The second-order valence-electron chi connectivity index (χ2n) is 5.99. The van der Waals surface area contributed by atoms with E-state index in [0.29, 0.717) is 5.56 Å². The van der Waals surface area contributed by atoms with Gasteiger partial charge in [-0.3, -0.25) is 4.79 Å². The van der Waals surface area contributed by atoms with Crippen molar-refractivity contribution in [1.82, 2.24) is 0 Å². The first-order chi connectivity index (χ1) is 12.3. The van der Waals surface area contributed by atoms with Gasteiger partial charge in [0.25, 0.3) is 0 Å². The third kappa shape index (κ3) is 6.02. The maximum Gasteiger partial charge on any atom is 0.331 e. The minimum absolute atomic E-state index is 0.127. The lowest BCUT2D eigenvalue weighted by molar-refractivity contribution is -0.863. The Bertz CT molecular complexity index is 764. The molecule has 26 heavy (non-hydrogen) atoms. The Balaban J connectivity index is 1.90. The van der Waals surface area contributed by atoms with Gasteiger partial charge in [0.05, 0.1) is 6.42 Å². The molecule has 1 N–H and O–H groups in total. The number of hydroxylamine groups is 1. The molecule has 0 aromatic heterocycles. The summed E-state index contributed by atoms with van der Waals surface area (Å²) >= 11 is 0. The van der Waals surface area contributed by atoms with Crippen molar-refractivity contribution in [2.24, 2.45) is 5.10 Å². The number of alkyl halides is 2. The van der Waals surface area contributed by atoms with Crippen LogP contribution in [0.15, 0.2) is 53.6 Å². The zero-order valence-electron chi connectivity index (χ0n) is 14.4. The van der Waals surface area contributed by atoms with Crippen molar-refractivity contribution in [2.75, 3.05) is 13.2 Å². The number of carbonyl (C=O) groups is 1. The van der Waals surface area contributed by atoms with Gasteiger partial charge in [0.2, 0.25) is 0 Å². The Kier molecular flexibility index (Phi) is 6.54. The Morgan fingerprint density at radius 3 is 2.54 bits per heavy atom. The molecule has 138 valence electrons. The van der Waals surface area contributed by atoms with E-state index in [1.165, 1.54) is 0 Å². The number of hydrogen-bond acceptors (Lipinski definition) is 4. The lowest BCUT2D eigenvalue weighted by Crippen LogP contribution is -3.04. The van der Waals surface area contributed by atoms with Gasteiger partial charge < -0.3 is 9.94 Å². The predicted octanol–water partition coefficient (Wildman–Crippen LogP) is 2.38. The number of ether oxygens (including phenoxy) is 1. The molecule has 1 unspecified atom stereocenters. The molecule has 0 amide bonds. The van der Waals surface area contributed by atoms with Gasteiger partial charge in [-0.2, -0.15) is 8.78 Å². The van der Waals surface area contributed by atoms with Crippen LogP contribution in [0, 0.1) is 12.1 Å². The second kappa shape index (κ2) is 8.64. The number of rotatable bonds is 8. The standard InChI is InChI=1S/C19H20F2N2O3/c1-14-4-3-5-17(10-14)16-8-6-15(7-9-16)11-18(24)26-13-19(20,21)12-23(25)22-2/h3-10,23H,2,11-13H2,1H3. The molecule has 0 aliphatic rings. The molecular formula is C19H20F2N2O3. The molecule has 0 aliphatic carbocycles. The maximum absolute atomic E-state index is 13.4. The minimum Gasteiger partial charge on any atom is -0.606 e. The summed E-state index contributed by atoms with van der Waals surface area (Å²) in [5, 5.41) is 12.7. The molecule has 2 aromatic rings. The van der Waals surface area contributed by atoms with E-state index >= 15 is 0 Å². The van der Waals surface area contributed by atoms with E-state index in [1.807, 2.05) is 43.3 Å². The average molecular weight is 362 g/mol. The van der Waals surface area contributed by atoms with Gasteiger partial charge in [-0.15, -0.1) is 0 Å². The Hall–Kier alpha value is -2.64. The summed E-state index contributed by atoms with van der Waals surface area (Å²) in [6.45, 7) is 2.60. The third-order valence-electron chi connectivity index (χ3n) is 3.68. The highest BCUT2D eigenvalue weighted by molar-refractivity contribution is 5.73. The van der Waals surface area contributed by atoms with Crippen LogP contribution in [0.1, 0.15) is 11.1 Å². The lowest BCUT2D eigenvalue weighted by atomic mass is 10.0. The molecule has 1 atom stereocenters. The molecule has 7 heteroatoms. The molecule has 0 spiro atoms. The van der Waals surface area contributed by atoms with Gasteiger partial charge in [-0.25, -0.2) is 5.17 Å². The third-order valence-corrected chi connectivity index (χ3v) is 3.68. The molecular weight excluding hydrogens is 342 g/mol. The SMILES string of the molecule is C=N[NH+]([O-])CC(F)(F)COC(=O)Cc1ccc(-c2cccc(C)c2)cc1. The zero-order chi connectivity index (χ0) is 19.2. The predicted molar refractivity (Wildman–Crippen MR) is 95.0 cm³/mol. The Morgan fingerprint density at radius 1 is 1.23 bits per heavy atom. The molecule has 2 aromatic carbocycles. The lowest BCUT2D eigenvalue weighted by Gasteiger charge is -2.21. The van der Waals surface area contributed by atoms with Crippen molar-refractivity contribution >= 4 is 12.7 Å². The van der Waals surface area contributed by atoms with E-state index in [9.17, 15) is 18.8 Å². The van der Waals surface area contributed by atoms with Crippen LogP contribution in [0.25, 0.3) is 11.1 Å². The van der Waals surface area contributed by atoms with Crippen molar-refractivity contribution in [3.05, 3.63) is 64.9 Å². The van der Waals surface area contributed by atoms with Gasteiger partial charge in [0.15, 0.2) is 13.2 Å². The summed E-state index contributed by atoms with van der Waals surface area (Å²) in [6, 6.07) is 15.2. The topological polar surface area (TPSA) is 66.2 Å². The number of benzene rings is 2. The summed E-state index contributed by atoms with van der Waals surface area (Å²) in [5.74, 6) is -4.24. The Labute approximate surface area is 150 Å². The highest BCUT2D eigenvalue weighted by atomic mass is 19.3. The molecule has 5 nitrogen and oxygen atoms in total. The van der Waals surface area contributed by atoms with Crippen molar-refractivity contribution < 1.29 is 23.5 Å². The van der Waals surface area contributed by atoms with Crippen LogP contribution in [0.3, 0.4) is 0 Å². The molecule has 2 rings (SSSR count). The fourth-order valence-electron chi connectivity index (χ4n) is 2.37. The first kappa shape index (κ1) is 19.7. The van der Waals surface area contributed by atoms with Crippen LogP contribution in [0.5, 0.6) is 0 Å². The van der Waals surface area contributed by atoms with Gasteiger partial charge >= 0.3 is 11.9 Å². The summed E-state index contributed by atoms with van der Waals surface area (Å²) in [5.41, 5.74) is 3.84. The largest absolute Gasteiger partial charge is 0.606 e. The number of quaternary nitrogens is 1. The average Bonchev–Trinajstić information content (AvgIpc) is 2.60. The maximum atomic E-state index is 13.4. The highest BCUT2D eigenvalue weighted by Crippen LogP contribution is 2.21. The fraction of sp³-hybridized carbons (Fsp3) is 0.263. The molecule has 0 fully saturated rings. The highest BCUT2D eigenvalue weighted by Gasteiger charge is 2.34. The van der Waals surface area contributed by atoms with E-state index in [1.54, 1.807) is 12.1 Å². The number of nitrogens with zero attached hydrogens (tertiary/aromatic N) is 1. The number of nitrogens with one attached hydrogen (secondary N) is 1. The molecule has 0 saturated heterocycles. The van der Waals surface area contributed by atoms with Crippen molar-refractivity contribution in [1.29, 1.82) is 0 Å². The minimum atomic E-state index is -3.46. The van der Waals surface area contributed by atoms with Crippen LogP contribution in [0.4, 0.5) is 8.78 Å².